The second kappa shape index (κ2) is 9.41. The van der Waals surface area contributed by atoms with E-state index in [0.717, 1.165) is 22.6 Å². The number of benzene rings is 3. The number of nitrogens with zero attached hydrogens (tertiary/aromatic N) is 1. The molecule has 7 heteroatoms. The zero-order chi connectivity index (χ0) is 24.4. The largest absolute Gasteiger partial charge is 0.494 e. The fourth-order valence-electron chi connectivity index (χ4n) is 4.75. The Morgan fingerprint density at radius 3 is 2.46 bits per heavy atom. The molecule has 2 unspecified atom stereocenters. The summed E-state index contributed by atoms with van der Waals surface area (Å²) in [5.74, 6) is 0.651. The Morgan fingerprint density at radius 2 is 1.71 bits per heavy atom. The molecule has 1 N–H and O–H groups in total. The Morgan fingerprint density at radius 1 is 1.03 bits per heavy atom. The van der Waals surface area contributed by atoms with E-state index >= 15 is 0 Å². The second-order valence-electron chi connectivity index (χ2n) is 8.96. The van der Waals surface area contributed by atoms with Crippen LogP contribution in [-0.2, 0) is 16.1 Å². The zero-order valence-corrected chi connectivity index (χ0v) is 19.5. The van der Waals surface area contributed by atoms with Gasteiger partial charge in [0.25, 0.3) is 0 Å². The third kappa shape index (κ3) is 4.58. The summed E-state index contributed by atoms with van der Waals surface area (Å²) < 4.78 is 24.6. The molecule has 3 aromatic carbocycles. The molecule has 2 atom stereocenters. The molecule has 6 nitrogen and oxygen atoms in total. The summed E-state index contributed by atoms with van der Waals surface area (Å²) in [6.07, 6.45) is 0.661. The Bertz CT molecular complexity index is 1230. The topological polar surface area (TPSA) is 67.9 Å². The fourth-order valence-corrected chi connectivity index (χ4v) is 4.75. The maximum absolute atomic E-state index is 13.6. The molecule has 0 bridgehead atoms. The third-order valence-corrected chi connectivity index (χ3v) is 6.69. The number of fused-ring (bicyclic) bond motifs is 3. The van der Waals surface area contributed by atoms with Crippen molar-refractivity contribution in [2.24, 2.45) is 5.41 Å². The van der Waals surface area contributed by atoms with Crippen LogP contribution in [-0.4, -0.2) is 31.6 Å². The Kier molecular flexibility index (Phi) is 6.16. The highest BCUT2D eigenvalue weighted by Crippen LogP contribution is 2.65. The quantitative estimate of drug-likeness (QED) is 0.498. The molecule has 1 aliphatic carbocycles. The van der Waals surface area contributed by atoms with Gasteiger partial charge in [0.05, 0.1) is 12.0 Å². The predicted octanol–water partition coefficient (Wildman–Crippen LogP) is 4.44. The van der Waals surface area contributed by atoms with E-state index in [0.29, 0.717) is 25.3 Å². The van der Waals surface area contributed by atoms with Crippen LogP contribution in [0.2, 0.25) is 0 Å². The molecular formula is C28H27FN2O4. The van der Waals surface area contributed by atoms with Gasteiger partial charge in [0.2, 0.25) is 11.8 Å². The smallest absolute Gasteiger partial charge is 0.240 e. The average Bonchev–Trinajstić information content (AvgIpc) is 3.62. The number of nitrogens with one attached hydrogen (secondary N) is 1. The van der Waals surface area contributed by atoms with Crippen molar-refractivity contribution < 1.29 is 23.5 Å². The standard InChI is InChI=1S/C28H27FN2O4/c1-2-34-21-11-7-19(8-12-21)16-30-26(32)17-31-25-6-4-3-5-23(25)24-15-28(24,27(31)33)18-35-22-13-9-20(29)10-14-22/h3-14,24H,2,15-18H2,1H3,(H,30,32). The van der Waals surface area contributed by atoms with Gasteiger partial charge in [-0.2, -0.15) is 0 Å². The van der Waals surface area contributed by atoms with Gasteiger partial charge in [-0.05, 0) is 66.9 Å². The van der Waals surface area contributed by atoms with E-state index in [2.05, 4.69) is 5.32 Å². The van der Waals surface area contributed by atoms with Gasteiger partial charge in [-0.1, -0.05) is 30.3 Å². The number of hydrogen-bond acceptors (Lipinski definition) is 4. The van der Waals surface area contributed by atoms with Crippen molar-refractivity contribution in [3.05, 3.63) is 89.7 Å². The van der Waals surface area contributed by atoms with Gasteiger partial charge in [0.15, 0.2) is 0 Å². The third-order valence-electron chi connectivity index (χ3n) is 6.69. The van der Waals surface area contributed by atoms with E-state index in [9.17, 15) is 14.0 Å². The number of rotatable bonds is 9. The average molecular weight is 475 g/mol. The van der Waals surface area contributed by atoms with Crippen molar-refractivity contribution in [2.45, 2.75) is 25.8 Å². The lowest BCUT2D eigenvalue weighted by Gasteiger charge is -2.33. The Balaban J connectivity index is 1.27. The molecule has 180 valence electrons. The van der Waals surface area contributed by atoms with Gasteiger partial charge in [0.1, 0.15) is 30.5 Å². The maximum atomic E-state index is 13.6. The number of carbonyl (C=O) groups is 2. The van der Waals surface area contributed by atoms with Crippen LogP contribution in [0.15, 0.2) is 72.8 Å². The van der Waals surface area contributed by atoms with Crippen LogP contribution in [0, 0.1) is 11.2 Å². The molecule has 2 amide bonds. The molecule has 0 aromatic heterocycles. The van der Waals surface area contributed by atoms with Crippen LogP contribution in [0.5, 0.6) is 11.5 Å². The van der Waals surface area contributed by atoms with Gasteiger partial charge in [-0.25, -0.2) is 4.39 Å². The number of carbonyl (C=O) groups excluding carboxylic acids is 2. The normalized spacial score (nSPS) is 20.0. The predicted molar refractivity (Wildman–Crippen MR) is 130 cm³/mol. The molecule has 0 spiro atoms. The minimum atomic E-state index is -0.710. The number of amides is 2. The van der Waals surface area contributed by atoms with Crippen molar-refractivity contribution in [1.29, 1.82) is 0 Å². The van der Waals surface area contributed by atoms with E-state index < -0.39 is 5.41 Å². The Hall–Kier alpha value is -3.87. The van der Waals surface area contributed by atoms with Gasteiger partial charge < -0.3 is 19.7 Å². The van der Waals surface area contributed by atoms with Crippen LogP contribution in [0.4, 0.5) is 10.1 Å². The van der Waals surface area contributed by atoms with Crippen LogP contribution in [0.25, 0.3) is 0 Å². The van der Waals surface area contributed by atoms with Gasteiger partial charge in [-0.3, -0.25) is 9.59 Å². The molecule has 3 aromatic rings. The Labute approximate surface area is 203 Å². The molecule has 35 heavy (non-hydrogen) atoms. The molecular weight excluding hydrogens is 447 g/mol. The minimum Gasteiger partial charge on any atom is -0.494 e. The summed E-state index contributed by atoms with van der Waals surface area (Å²) in [5.41, 5.74) is 2.05. The van der Waals surface area contributed by atoms with E-state index in [-0.39, 0.29) is 36.7 Å². The molecule has 0 radical (unpaired) electrons. The van der Waals surface area contributed by atoms with Crippen molar-refractivity contribution in [3.63, 3.8) is 0 Å². The van der Waals surface area contributed by atoms with Crippen LogP contribution in [0.1, 0.15) is 30.4 Å². The summed E-state index contributed by atoms with van der Waals surface area (Å²) in [5, 5.41) is 2.91. The highest BCUT2D eigenvalue weighted by molar-refractivity contribution is 6.07. The number of halogens is 1. The van der Waals surface area contributed by atoms with Crippen LogP contribution < -0.4 is 19.7 Å². The van der Waals surface area contributed by atoms with E-state index in [1.807, 2.05) is 55.5 Å². The highest BCUT2D eigenvalue weighted by Gasteiger charge is 2.66. The van der Waals surface area contributed by atoms with E-state index in [1.165, 1.54) is 12.1 Å². The first-order chi connectivity index (χ1) is 17.0. The number of para-hydroxylation sites is 1. The van der Waals surface area contributed by atoms with Crippen molar-refractivity contribution >= 4 is 17.5 Å². The molecule has 5 rings (SSSR count). The first kappa shape index (κ1) is 22.9. The molecule has 0 saturated heterocycles. The molecule has 1 saturated carbocycles. The lowest BCUT2D eigenvalue weighted by atomic mass is 9.92. The lowest BCUT2D eigenvalue weighted by molar-refractivity contribution is -0.128. The summed E-state index contributed by atoms with van der Waals surface area (Å²) in [4.78, 5) is 28.0. The lowest BCUT2D eigenvalue weighted by Crippen LogP contribution is -2.48. The van der Waals surface area contributed by atoms with Crippen molar-refractivity contribution in [2.75, 3.05) is 24.7 Å². The number of anilines is 1. The summed E-state index contributed by atoms with van der Waals surface area (Å²) in [7, 11) is 0. The summed E-state index contributed by atoms with van der Waals surface area (Å²) in [6.45, 7) is 2.99. The first-order valence-corrected chi connectivity index (χ1v) is 11.8. The number of ether oxygens (including phenoxy) is 2. The van der Waals surface area contributed by atoms with Gasteiger partial charge in [-0.15, -0.1) is 0 Å². The monoisotopic (exact) mass is 474 g/mol. The summed E-state index contributed by atoms with van der Waals surface area (Å²) >= 11 is 0. The summed E-state index contributed by atoms with van der Waals surface area (Å²) in [6, 6.07) is 21.0. The van der Waals surface area contributed by atoms with Crippen molar-refractivity contribution in [3.8, 4) is 11.5 Å². The molecule has 2 aliphatic rings. The van der Waals surface area contributed by atoms with Crippen molar-refractivity contribution in [1.82, 2.24) is 5.32 Å². The SMILES string of the molecule is CCOc1ccc(CNC(=O)CN2C(=O)C3(COc4ccc(F)cc4)CC3c3ccccc32)cc1. The zero-order valence-electron chi connectivity index (χ0n) is 19.5. The molecule has 1 aliphatic heterocycles. The maximum Gasteiger partial charge on any atom is 0.240 e. The number of hydrogen-bond donors (Lipinski definition) is 1. The van der Waals surface area contributed by atoms with Crippen LogP contribution >= 0.6 is 0 Å². The first-order valence-electron chi connectivity index (χ1n) is 11.8. The molecule has 1 heterocycles. The van der Waals surface area contributed by atoms with E-state index in [1.54, 1.807) is 17.0 Å². The second-order valence-corrected chi connectivity index (χ2v) is 8.96. The van der Waals surface area contributed by atoms with Gasteiger partial charge >= 0.3 is 0 Å². The molecule has 1 fully saturated rings. The van der Waals surface area contributed by atoms with Gasteiger partial charge in [0, 0.05) is 18.2 Å². The van der Waals surface area contributed by atoms with E-state index in [4.69, 9.17) is 9.47 Å². The minimum absolute atomic E-state index is 0.0508. The van der Waals surface area contributed by atoms with Crippen LogP contribution in [0.3, 0.4) is 0 Å². The fraction of sp³-hybridized carbons (Fsp3) is 0.286. The highest BCUT2D eigenvalue weighted by atomic mass is 19.1.